The normalized spacial score (nSPS) is 11.6. The Labute approximate surface area is 131 Å². The van der Waals surface area contributed by atoms with Crippen molar-refractivity contribution < 1.29 is 4.79 Å². The van der Waals surface area contributed by atoms with Gasteiger partial charge in [-0.3, -0.25) is 9.78 Å². The predicted octanol–water partition coefficient (Wildman–Crippen LogP) is 3.66. The van der Waals surface area contributed by atoms with Gasteiger partial charge in [-0.05, 0) is 40.6 Å². The number of aromatic nitrogens is 1. The summed E-state index contributed by atoms with van der Waals surface area (Å²) < 4.78 is 0.750. The zero-order valence-corrected chi connectivity index (χ0v) is 13.0. The monoisotopic (exact) mass is 343 g/mol. The predicted molar refractivity (Wildman–Crippen MR) is 88.0 cm³/mol. The van der Waals surface area contributed by atoms with Crippen molar-refractivity contribution in [3.05, 3.63) is 70.5 Å². The topological polar surface area (TPSA) is 54.4 Å². The van der Waals surface area contributed by atoms with Gasteiger partial charge in [-0.2, -0.15) is 5.10 Å². The van der Waals surface area contributed by atoms with Gasteiger partial charge in [0.2, 0.25) is 0 Å². The molecule has 1 aromatic carbocycles. The molecule has 1 heterocycles. The van der Waals surface area contributed by atoms with Crippen LogP contribution in [0.4, 0.5) is 0 Å². The molecule has 1 amide bonds. The molecule has 1 aromatic heterocycles. The molecule has 5 heteroatoms. The summed E-state index contributed by atoms with van der Waals surface area (Å²) in [5.41, 5.74) is 4.73. The van der Waals surface area contributed by atoms with E-state index in [9.17, 15) is 4.79 Å². The van der Waals surface area contributed by atoms with E-state index in [1.807, 2.05) is 49.4 Å². The first kappa shape index (κ1) is 15.1. The highest BCUT2D eigenvalue weighted by Gasteiger charge is 2.04. The van der Waals surface area contributed by atoms with Gasteiger partial charge in [-0.25, -0.2) is 5.43 Å². The summed E-state index contributed by atoms with van der Waals surface area (Å²) in [7, 11) is 0. The van der Waals surface area contributed by atoms with E-state index in [-0.39, 0.29) is 5.91 Å². The minimum absolute atomic E-state index is 0.295. The lowest BCUT2D eigenvalue weighted by molar-refractivity contribution is 0.0954. The maximum atomic E-state index is 11.9. The molecule has 0 aliphatic carbocycles. The Hall–Kier alpha value is -2.27. The molecule has 0 fully saturated rings. The lowest BCUT2D eigenvalue weighted by Gasteiger charge is -2.00. The van der Waals surface area contributed by atoms with Crippen LogP contribution in [-0.2, 0) is 0 Å². The number of pyridine rings is 1. The summed E-state index contributed by atoms with van der Waals surface area (Å²) in [6.07, 6.45) is 6.89. The van der Waals surface area contributed by atoms with Gasteiger partial charge in [0.05, 0.1) is 11.3 Å². The standard InChI is InChI=1S/C16H14BrN3O/c1-12(7-8-13-5-3-2-4-6-13)19-20-16(21)14-9-15(17)11-18-10-14/h2-11H,1H3,(H,20,21)/b8-7+,19-12-. The molecular weight excluding hydrogens is 330 g/mol. The maximum absolute atomic E-state index is 11.9. The number of hydrogen-bond donors (Lipinski definition) is 1. The molecule has 2 aromatic rings. The molecule has 0 atom stereocenters. The number of amides is 1. The zero-order valence-electron chi connectivity index (χ0n) is 11.5. The van der Waals surface area contributed by atoms with Crippen molar-refractivity contribution in [2.75, 3.05) is 0 Å². The summed E-state index contributed by atoms with van der Waals surface area (Å²) in [6, 6.07) is 11.6. The Bertz CT molecular complexity index is 681. The van der Waals surface area contributed by atoms with Crippen molar-refractivity contribution in [3.8, 4) is 0 Å². The van der Waals surface area contributed by atoms with Crippen LogP contribution in [0, 0.1) is 0 Å². The van der Waals surface area contributed by atoms with Gasteiger partial charge >= 0.3 is 0 Å². The van der Waals surface area contributed by atoms with Crippen LogP contribution in [0.1, 0.15) is 22.8 Å². The Morgan fingerprint density at radius 1 is 1.29 bits per heavy atom. The lowest BCUT2D eigenvalue weighted by atomic mass is 10.2. The van der Waals surface area contributed by atoms with E-state index in [1.165, 1.54) is 6.20 Å². The second kappa shape index (κ2) is 7.50. The fourth-order valence-electron chi connectivity index (χ4n) is 1.56. The van der Waals surface area contributed by atoms with Crippen LogP contribution in [0.2, 0.25) is 0 Å². The summed E-state index contributed by atoms with van der Waals surface area (Å²) >= 11 is 3.27. The zero-order chi connectivity index (χ0) is 15.1. The number of carbonyl (C=O) groups is 1. The van der Waals surface area contributed by atoms with E-state index in [0.717, 1.165) is 10.0 Å². The number of rotatable bonds is 4. The number of nitrogens with one attached hydrogen (secondary N) is 1. The third-order valence-electron chi connectivity index (χ3n) is 2.62. The van der Waals surface area contributed by atoms with E-state index in [0.29, 0.717) is 11.3 Å². The molecule has 0 spiro atoms. The van der Waals surface area contributed by atoms with Crippen LogP contribution in [0.3, 0.4) is 0 Å². The van der Waals surface area contributed by atoms with Crippen molar-refractivity contribution in [1.82, 2.24) is 10.4 Å². The van der Waals surface area contributed by atoms with Crippen molar-refractivity contribution in [2.24, 2.45) is 5.10 Å². The number of carbonyl (C=O) groups excluding carboxylic acids is 1. The van der Waals surface area contributed by atoms with Crippen LogP contribution >= 0.6 is 15.9 Å². The molecule has 0 saturated heterocycles. The summed E-state index contributed by atoms with van der Waals surface area (Å²) in [5.74, 6) is -0.295. The van der Waals surface area contributed by atoms with E-state index < -0.39 is 0 Å². The number of hydrazone groups is 1. The number of halogens is 1. The quantitative estimate of drug-likeness (QED) is 0.680. The molecule has 0 radical (unpaired) electrons. The molecule has 4 nitrogen and oxygen atoms in total. The Balaban J connectivity index is 1.97. The Kier molecular flexibility index (Phi) is 5.40. The van der Waals surface area contributed by atoms with Gasteiger partial charge in [0, 0.05) is 16.9 Å². The summed E-state index contributed by atoms with van der Waals surface area (Å²) in [4.78, 5) is 15.8. The number of allylic oxidation sites excluding steroid dienone is 1. The SMILES string of the molecule is CC(/C=C/c1ccccc1)=N/NC(=O)c1cncc(Br)c1. The van der Waals surface area contributed by atoms with Gasteiger partial charge in [-0.1, -0.05) is 36.4 Å². The fraction of sp³-hybridized carbons (Fsp3) is 0.0625. The van der Waals surface area contributed by atoms with E-state index in [1.54, 1.807) is 12.3 Å². The van der Waals surface area contributed by atoms with Gasteiger partial charge in [0.1, 0.15) is 0 Å². The van der Waals surface area contributed by atoms with Crippen LogP contribution in [0.5, 0.6) is 0 Å². The summed E-state index contributed by atoms with van der Waals surface area (Å²) in [5, 5.41) is 4.03. The van der Waals surface area contributed by atoms with E-state index >= 15 is 0 Å². The molecule has 0 aliphatic heterocycles. The molecule has 1 N–H and O–H groups in total. The van der Waals surface area contributed by atoms with Gasteiger partial charge in [0.15, 0.2) is 0 Å². The minimum Gasteiger partial charge on any atom is -0.267 e. The molecule has 0 aliphatic rings. The highest BCUT2D eigenvalue weighted by atomic mass is 79.9. The highest BCUT2D eigenvalue weighted by Crippen LogP contribution is 2.09. The van der Waals surface area contributed by atoms with Gasteiger partial charge in [-0.15, -0.1) is 0 Å². The van der Waals surface area contributed by atoms with Crippen LogP contribution in [0.25, 0.3) is 6.08 Å². The minimum atomic E-state index is -0.295. The van der Waals surface area contributed by atoms with Gasteiger partial charge in [0.25, 0.3) is 5.91 Å². The molecule has 2 rings (SSSR count). The van der Waals surface area contributed by atoms with Gasteiger partial charge < -0.3 is 0 Å². The first-order valence-electron chi connectivity index (χ1n) is 6.33. The number of benzene rings is 1. The molecular formula is C16H14BrN3O. The third-order valence-corrected chi connectivity index (χ3v) is 3.05. The van der Waals surface area contributed by atoms with Crippen molar-refractivity contribution in [2.45, 2.75) is 6.92 Å². The Morgan fingerprint density at radius 3 is 2.76 bits per heavy atom. The van der Waals surface area contributed by atoms with E-state index in [2.05, 4.69) is 31.4 Å². The molecule has 0 unspecified atom stereocenters. The first-order chi connectivity index (χ1) is 10.1. The molecule has 21 heavy (non-hydrogen) atoms. The van der Waals surface area contributed by atoms with Crippen molar-refractivity contribution in [1.29, 1.82) is 0 Å². The highest BCUT2D eigenvalue weighted by molar-refractivity contribution is 9.10. The second-order valence-electron chi connectivity index (χ2n) is 4.33. The summed E-state index contributed by atoms with van der Waals surface area (Å²) in [6.45, 7) is 1.82. The van der Waals surface area contributed by atoms with Crippen molar-refractivity contribution in [3.63, 3.8) is 0 Å². The van der Waals surface area contributed by atoms with Crippen molar-refractivity contribution >= 4 is 33.6 Å². The van der Waals surface area contributed by atoms with Crippen LogP contribution < -0.4 is 5.43 Å². The lowest BCUT2D eigenvalue weighted by Crippen LogP contribution is -2.18. The number of nitrogens with zero attached hydrogens (tertiary/aromatic N) is 2. The molecule has 106 valence electrons. The Morgan fingerprint density at radius 2 is 2.05 bits per heavy atom. The molecule has 0 saturated carbocycles. The average Bonchev–Trinajstić information content (AvgIpc) is 2.51. The first-order valence-corrected chi connectivity index (χ1v) is 7.13. The maximum Gasteiger partial charge on any atom is 0.272 e. The van der Waals surface area contributed by atoms with Crippen LogP contribution in [0.15, 0.2) is 64.4 Å². The van der Waals surface area contributed by atoms with Crippen LogP contribution in [-0.4, -0.2) is 16.6 Å². The fourth-order valence-corrected chi connectivity index (χ4v) is 1.92. The largest absolute Gasteiger partial charge is 0.272 e. The van der Waals surface area contributed by atoms with E-state index in [4.69, 9.17) is 0 Å². The average molecular weight is 344 g/mol. The number of hydrogen-bond acceptors (Lipinski definition) is 3. The smallest absolute Gasteiger partial charge is 0.267 e. The molecule has 0 bridgehead atoms. The second-order valence-corrected chi connectivity index (χ2v) is 5.25. The third kappa shape index (κ3) is 4.96.